The van der Waals surface area contributed by atoms with Crippen LogP contribution in [0.25, 0.3) is 0 Å². The second-order valence-corrected chi connectivity index (χ2v) is 5.89. The molecule has 0 aromatic heterocycles. The van der Waals surface area contributed by atoms with Gasteiger partial charge in [-0.3, -0.25) is 0 Å². The van der Waals surface area contributed by atoms with Gasteiger partial charge in [0.15, 0.2) is 6.10 Å². The predicted molar refractivity (Wildman–Crippen MR) is 87.9 cm³/mol. The third-order valence-electron chi connectivity index (χ3n) is 3.68. The van der Waals surface area contributed by atoms with Crippen molar-refractivity contribution in [2.24, 2.45) is 0 Å². The van der Waals surface area contributed by atoms with Gasteiger partial charge < -0.3 is 9.84 Å². The third-order valence-corrected chi connectivity index (χ3v) is 4.10. The molecule has 0 aliphatic heterocycles. The van der Waals surface area contributed by atoms with Crippen LogP contribution in [0.3, 0.4) is 0 Å². The van der Waals surface area contributed by atoms with Gasteiger partial charge >= 0.3 is 5.97 Å². The molecular formula is C18H19ClO3. The molecule has 0 aliphatic rings. The first-order valence-corrected chi connectivity index (χ1v) is 7.46. The van der Waals surface area contributed by atoms with Gasteiger partial charge in [0.05, 0.1) is 0 Å². The topological polar surface area (TPSA) is 46.5 Å². The second kappa shape index (κ2) is 6.84. The Morgan fingerprint density at radius 1 is 1.09 bits per heavy atom. The summed E-state index contributed by atoms with van der Waals surface area (Å²) in [5, 5.41) is 10.0. The molecule has 22 heavy (non-hydrogen) atoms. The van der Waals surface area contributed by atoms with Crippen molar-refractivity contribution in [1.29, 1.82) is 0 Å². The molecule has 0 unspecified atom stereocenters. The summed E-state index contributed by atoms with van der Waals surface area (Å²) < 4.78 is 5.63. The highest BCUT2D eigenvalue weighted by Crippen LogP contribution is 2.23. The Labute approximate surface area is 135 Å². The Morgan fingerprint density at radius 3 is 2.41 bits per heavy atom. The Balaban J connectivity index is 2.17. The minimum Gasteiger partial charge on any atom is -0.478 e. The number of rotatable bonds is 5. The molecule has 0 spiro atoms. The first-order valence-electron chi connectivity index (χ1n) is 7.08. The van der Waals surface area contributed by atoms with Crippen molar-refractivity contribution in [2.45, 2.75) is 33.3 Å². The zero-order valence-corrected chi connectivity index (χ0v) is 13.6. The van der Waals surface area contributed by atoms with E-state index >= 15 is 0 Å². The Hall–Kier alpha value is -2.00. The molecular weight excluding hydrogens is 300 g/mol. The molecule has 0 saturated carbocycles. The summed E-state index contributed by atoms with van der Waals surface area (Å²) in [7, 11) is 0. The molecule has 2 aromatic rings. The van der Waals surface area contributed by atoms with Crippen LogP contribution in [-0.4, -0.2) is 17.2 Å². The molecule has 3 nitrogen and oxygen atoms in total. The van der Waals surface area contributed by atoms with Crippen molar-refractivity contribution in [3.05, 3.63) is 63.7 Å². The van der Waals surface area contributed by atoms with Crippen molar-refractivity contribution in [3.8, 4) is 5.75 Å². The van der Waals surface area contributed by atoms with Crippen LogP contribution in [0.1, 0.15) is 22.3 Å². The molecule has 4 heteroatoms. The Bertz CT molecular complexity index is 641. The third kappa shape index (κ3) is 4.01. The van der Waals surface area contributed by atoms with Gasteiger partial charge in [0.25, 0.3) is 0 Å². The molecule has 0 aliphatic carbocycles. The van der Waals surface area contributed by atoms with E-state index in [1.54, 1.807) is 18.2 Å². The van der Waals surface area contributed by atoms with Gasteiger partial charge in [-0.25, -0.2) is 4.79 Å². The molecule has 0 fully saturated rings. The standard InChI is InChI=1S/C18H19ClO3/c1-11-4-5-14(8-12(11)2)10-17(18(20)21)22-15-6-7-16(19)13(3)9-15/h4-9,17H,10H2,1-3H3,(H,20,21)/t17-/m0/s1. The smallest absolute Gasteiger partial charge is 0.345 e. The van der Waals surface area contributed by atoms with Gasteiger partial charge in [-0.1, -0.05) is 29.8 Å². The van der Waals surface area contributed by atoms with E-state index < -0.39 is 12.1 Å². The van der Waals surface area contributed by atoms with E-state index in [1.807, 2.05) is 39.0 Å². The van der Waals surface area contributed by atoms with Crippen LogP contribution in [-0.2, 0) is 11.2 Å². The maximum absolute atomic E-state index is 11.5. The number of aliphatic carboxylic acids is 1. The van der Waals surface area contributed by atoms with Gasteiger partial charge in [-0.2, -0.15) is 0 Å². The molecule has 1 N–H and O–H groups in total. The number of carbonyl (C=O) groups is 1. The zero-order valence-electron chi connectivity index (χ0n) is 12.9. The quantitative estimate of drug-likeness (QED) is 0.892. The van der Waals surface area contributed by atoms with Crippen LogP contribution in [0.15, 0.2) is 36.4 Å². The average Bonchev–Trinajstić information content (AvgIpc) is 2.46. The number of hydrogen-bond acceptors (Lipinski definition) is 2. The fourth-order valence-corrected chi connectivity index (χ4v) is 2.30. The summed E-state index contributed by atoms with van der Waals surface area (Å²) >= 11 is 5.97. The van der Waals surface area contributed by atoms with Gasteiger partial charge in [-0.15, -0.1) is 0 Å². The highest BCUT2D eigenvalue weighted by Gasteiger charge is 2.20. The van der Waals surface area contributed by atoms with Gasteiger partial charge in [0.2, 0.25) is 0 Å². The zero-order chi connectivity index (χ0) is 16.3. The molecule has 0 heterocycles. The number of carboxylic acids is 1. The van der Waals surface area contributed by atoms with E-state index in [-0.39, 0.29) is 0 Å². The number of benzene rings is 2. The van der Waals surface area contributed by atoms with E-state index in [2.05, 4.69) is 0 Å². The van der Waals surface area contributed by atoms with Gasteiger partial charge in [0, 0.05) is 11.4 Å². The number of halogens is 1. The molecule has 2 rings (SSSR count). The van der Waals surface area contributed by atoms with Crippen molar-refractivity contribution >= 4 is 17.6 Å². The predicted octanol–water partition coefficient (Wildman–Crippen LogP) is 4.34. The highest BCUT2D eigenvalue weighted by molar-refractivity contribution is 6.31. The molecule has 0 radical (unpaired) electrons. The SMILES string of the molecule is Cc1ccc(C[C@H](Oc2ccc(Cl)c(C)c2)C(=O)O)cc1C. The maximum Gasteiger partial charge on any atom is 0.345 e. The molecule has 116 valence electrons. The lowest BCUT2D eigenvalue weighted by molar-refractivity contribution is -0.145. The summed E-state index contributed by atoms with van der Waals surface area (Å²) in [5.74, 6) is -0.469. The van der Waals surface area contributed by atoms with Crippen LogP contribution in [0, 0.1) is 20.8 Å². The lowest BCUT2D eigenvalue weighted by atomic mass is 10.0. The van der Waals surface area contributed by atoms with E-state index in [1.165, 1.54) is 5.56 Å². The number of hydrogen-bond donors (Lipinski definition) is 1. The number of aryl methyl sites for hydroxylation is 3. The summed E-state index contributed by atoms with van der Waals surface area (Å²) in [6, 6.07) is 11.1. The molecule has 0 amide bonds. The first kappa shape index (κ1) is 16.4. The van der Waals surface area contributed by atoms with Crippen LogP contribution in [0.2, 0.25) is 5.02 Å². The number of ether oxygens (including phenoxy) is 1. The van der Waals surface area contributed by atoms with Crippen molar-refractivity contribution in [3.63, 3.8) is 0 Å². The van der Waals surface area contributed by atoms with Crippen molar-refractivity contribution in [2.75, 3.05) is 0 Å². The lowest BCUT2D eigenvalue weighted by Crippen LogP contribution is -2.29. The normalized spacial score (nSPS) is 12.0. The fraction of sp³-hybridized carbons (Fsp3) is 0.278. The second-order valence-electron chi connectivity index (χ2n) is 5.48. The van der Waals surface area contributed by atoms with E-state index in [9.17, 15) is 9.90 Å². The van der Waals surface area contributed by atoms with Crippen molar-refractivity contribution in [1.82, 2.24) is 0 Å². The van der Waals surface area contributed by atoms with Gasteiger partial charge in [0.1, 0.15) is 5.75 Å². The first-order chi connectivity index (χ1) is 10.4. The van der Waals surface area contributed by atoms with E-state index in [0.29, 0.717) is 17.2 Å². The monoisotopic (exact) mass is 318 g/mol. The lowest BCUT2D eigenvalue weighted by Gasteiger charge is -2.16. The summed E-state index contributed by atoms with van der Waals surface area (Å²) in [4.78, 5) is 11.5. The van der Waals surface area contributed by atoms with E-state index in [4.69, 9.17) is 16.3 Å². The molecule has 0 bridgehead atoms. The fourth-order valence-electron chi connectivity index (χ4n) is 2.18. The minimum atomic E-state index is -0.981. The number of carboxylic acid groups (broad SMARTS) is 1. The van der Waals surface area contributed by atoms with E-state index in [0.717, 1.165) is 16.7 Å². The van der Waals surface area contributed by atoms with Crippen LogP contribution >= 0.6 is 11.6 Å². The summed E-state index contributed by atoms with van der Waals surface area (Å²) in [6.45, 7) is 5.90. The average molecular weight is 319 g/mol. The summed E-state index contributed by atoms with van der Waals surface area (Å²) in [5.41, 5.74) is 4.13. The van der Waals surface area contributed by atoms with Crippen molar-refractivity contribution < 1.29 is 14.6 Å². The largest absolute Gasteiger partial charge is 0.478 e. The van der Waals surface area contributed by atoms with Gasteiger partial charge in [-0.05, 0) is 61.2 Å². The van der Waals surface area contributed by atoms with Crippen LogP contribution in [0.4, 0.5) is 0 Å². The summed E-state index contributed by atoms with van der Waals surface area (Å²) in [6.07, 6.45) is -0.610. The van der Waals surface area contributed by atoms with Crippen LogP contribution < -0.4 is 4.74 Å². The maximum atomic E-state index is 11.5. The molecule has 2 aromatic carbocycles. The van der Waals surface area contributed by atoms with Crippen LogP contribution in [0.5, 0.6) is 5.75 Å². The Morgan fingerprint density at radius 2 is 1.82 bits per heavy atom. The Kier molecular flexibility index (Phi) is 5.09. The highest BCUT2D eigenvalue weighted by atomic mass is 35.5. The minimum absolute atomic E-state index is 0.318. The molecule has 1 atom stereocenters. The molecule has 0 saturated heterocycles.